The number of carboxylic acid groups (broad SMARTS) is 1. The highest BCUT2D eigenvalue weighted by molar-refractivity contribution is 7.09. The average Bonchev–Trinajstić information content (AvgIpc) is 3.40. The highest BCUT2D eigenvalue weighted by Gasteiger charge is 2.38. The molecule has 4 N–H and O–H groups in total. The number of rotatable bonds is 12. The minimum atomic E-state index is -5.08. The summed E-state index contributed by atoms with van der Waals surface area (Å²) in [6.45, 7) is 7.34. The second-order valence-corrected chi connectivity index (χ2v) is 10.2. The normalized spacial score (nSPS) is 11.7. The molecule has 3 rings (SSSR count). The van der Waals surface area contributed by atoms with E-state index < -0.39 is 12.1 Å². The summed E-state index contributed by atoms with van der Waals surface area (Å²) in [4.78, 5) is 32.0. The minimum absolute atomic E-state index is 0.0287. The van der Waals surface area contributed by atoms with Crippen LogP contribution >= 0.6 is 11.3 Å². The van der Waals surface area contributed by atoms with Crippen LogP contribution in [0.4, 0.5) is 24.9 Å². The first-order valence-corrected chi connectivity index (χ1v) is 13.3. The fourth-order valence-corrected chi connectivity index (χ4v) is 4.18. The summed E-state index contributed by atoms with van der Waals surface area (Å²) in [5.74, 6) is -0.381. The van der Waals surface area contributed by atoms with Crippen LogP contribution in [0.3, 0.4) is 0 Å². The molecule has 3 aromatic rings. The van der Waals surface area contributed by atoms with Crippen molar-refractivity contribution in [1.29, 1.82) is 0 Å². The zero-order chi connectivity index (χ0) is 29.7. The lowest BCUT2D eigenvalue weighted by atomic mass is 10.0. The molecule has 40 heavy (non-hydrogen) atoms. The number of halogens is 3. The van der Waals surface area contributed by atoms with Crippen molar-refractivity contribution in [2.24, 2.45) is 5.92 Å². The number of benzene rings is 1. The molecule has 218 valence electrons. The summed E-state index contributed by atoms with van der Waals surface area (Å²) >= 11 is 1.63. The fraction of sp³-hybridized carbons (Fsp3) is 0.407. The Bertz CT molecular complexity index is 1220. The van der Waals surface area contributed by atoms with Gasteiger partial charge in [-0.1, -0.05) is 38.1 Å². The van der Waals surface area contributed by atoms with Crippen molar-refractivity contribution in [3.8, 4) is 5.75 Å². The maximum atomic E-state index is 12.9. The Morgan fingerprint density at radius 1 is 1.12 bits per heavy atom. The molecule has 0 radical (unpaired) electrons. The van der Waals surface area contributed by atoms with Crippen LogP contribution in [-0.4, -0.2) is 52.8 Å². The topological polar surface area (TPSA) is 125 Å². The Morgan fingerprint density at radius 2 is 1.82 bits per heavy atom. The summed E-state index contributed by atoms with van der Waals surface area (Å²) in [6.07, 6.45) is -3.60. The van der Waals surface area contributed by atoms with Crippen molar-refractivity contribution in [3.05, 3.63) is 64.0 Å². The van der Waals surface area contributed by atoms with E-state index in [-0.39, 0.29) is 11.9 Å². The van der Waals surface area contributed by atoms with E-state index in [1.165, 1.54) is 0 Å². The van der Waals surface area contributed by atoms with Gasteiger partial charge in [0.25, 0.3) is 0 Å². The molecule has 9 nitrogen and oxygen atoms in total. The van der Waals surface area contributed by atoms with E-state index in [4.69, 9.17) is 14.6 Å². The third-order valence-electron chi connectivity index (χ3n) is 5.33. The van der Waals surface area contributed by atoms with Gasteiger partial charge in [-0.2, -0.15) is 18.2 Å². The zero-order valence-corrected chi connectivity index (χ0v) is 23.5. The number of thiophene rings is 1. The summed E-state index contributed by atoms with van der Waals surface area (Å²) in [7, 11) is 1.68. The predicted octanol–water partition coefficient (Wildman–Crippen LogP) is 5.29. The summed E-state index contributed by atoms with van der Waals surface area (Å²) < 4.78 is 37.2. The standard InChI is InChI=1S/C25H33N5O2S.C2HF3O2/c1-17(2)14-21(24(31)27-16-20-9-7-13-33-20)29-23-15-18(3)28-25(30-23)26-12-11-19-8-5-6-10-22(19)32-4;3-2(4,5)1(6)7/h5-10,13,15,17,21H,11-12,14,16H2,1-4H3,(H,27,31)(H2,26,28,29,30);(H,6,7)/t21-;/m0./s1. The molecule has 0 aliphatic heterocycles. The lowest BCUT2D eigenvalue weighted by molar-refractivity contribution is -0.192. The van der Waals surface area contributed by atoms with E-state index in [0.717, 1.165) is 28.3 Å². The molecule has 13 heteroatoms. The summed E-state index contributed by atoms with van der Waals surface area (Å²) in [5.41, 5.74) is 1.95. The van der Waals surface area contributed by atoms with E-state index in [9.17, 15) is 18.0 Å². The maximum absolute atomic E-state index is 12.9. The monoisotopic (exact) mass is 581 g/mol. The number of carbonyl (C=O) groups is 2. The Morgan fingerprint density at radius 3 is 2.42 bits per heavy atom. The lowest BCUT2D eigenvalue weighted by Gasteiger charge is -2.21. The molecule has 1 aromatic carbocycles. The average molecular weight is 582 g/mol. The third kappa shape index (κ3) is 11.5. The van der Waals surface area contributed by atoms with Gasteiger partial charge >= 0.3 is 12.1 Å². The van der Waals surface area contributed by atoms with Gasteiger partial charge in [0.15, 0.2) is 0 Å². The first-order chi connectivity index (χ1) is 18.9. The van der Waals surface area contributed by atoms with Gasteiger partial charge in [0, 0.05) is 23.2 Å². The van der Waals surface area contributed by atoms with Gasteiger partial charge in [0.2, 0.25) is 11.9 Å². The molecule has 0 saturated carbocycles. The number of carboxylic acids is 1. The molecule has 0 fully saturated rings. The second-order valence-electron chi connectivity index (χ2n) is 9.13. The smallest absolute Gasteiger partial charge is 0.490 e. The largest absolute Gasteiger partial charge is 0.496 e. The second kappa shape index (κ2) is 15.7. The number of aliphatic carboxylic acids is 1. The number of aryl methyl sites for hydroxylation is 1. The summed E-state index contributed by atoms with van der Waals surface area (Å²) in [5, 5.41) is 18.8. The number of aromatic nitrogens is 2. The molecule has 1 atom stereocenters. The number of ether oxygens (including phenoxy) is 1. The Hall–Kier alpha value is -3.87. The molecule has 0 saturated heterocycles. The van der Waals surface area contributed by atoms with Crippen molar-refractivity contribution in [1.82, 2.24) is 15.3 Å². The quantitative estimate of drug-likeness (QED) is 0.228. The van der Waals surface area contributed by atoms with E-state index in [2.05, 4.69) is 45.8 Å². The Labute approximate surface area is 235 Å². The number of amides is 1. The maximum Gasteiger partial charge on any atom is 0.490 e. The van der Waals surface area contributed by atoms with Crippen LogP contribution in [0.5, 0.6) is 5.75 Å². The number of para-hydroxylation sites is 1. The first-order valence-electron chi connectivity index (χ1n) is 12.5. The molecule has 0 aliphatic carbocycles. The number of nitrogens with zero attached hydrogens (tertiary/aromatic N) is 2. The van der Waals surface area contributed by atoms with Crippen LogP contribution in [-0.2, 0) is 22.6 Å². The molecule has 2 heterocycles. The number of hydrogen-bond donors (Lipinski definition) is 4. The van der Waals surface area contributed by atoms with Crippen LogP contribution < -0.4 is 20.7 Å². The van der Waals surface area contributed by atoms with Crippen LogP contribution in [0, 0.1) is 12.8 Å². The van der Waals surface area contributed by atoms with Gasteiger partial charge < -0.3 is 25.8 Å². The van der Waals surface area contributed by atoms with Crippen LogP contribution in [0.25, 0.3) is 0 Å². The number of carbonyl (C=O) groups excluding carboxylic acids is 1. The van der Waals surface area contributed by atoms with Crippen LogP contribution in [0.1, 0.15) is 36.4 Å². The number of anilines is 2. The molecule has 0 spiro atoms. The highest BCUT2D eigenvalue weighted by Crippen LogP contribution is 2.19. The van der Waals surface area contributed by atoms with Crippen molar-refractivity contribution in [3.63, 3.8) is 0 Å². The van der Waals surface area contributed by atoms with Gasteiger partial charge in [-0.25, -0.2) is 9.78 Å². The number of nitrogens with one attached hydrogen (secondary N) is 3. The molecule has 1 amide bonds. The van der Waals surface area contributed by atoms with Crippen molar-refractivity contribution >= 4 is 35.0 Å². The molecular formula is C27H34F3N5O4S. The van der Waals surface area contributed by atoms with E-state index in [0.29, 0.717) is 37.2 Å². The molecule has 0 aliphatic rings. The van der Waals surface area contributed by atoms with Crippen LogP contribution in [0.2, 0.25) is 0 Å². The number of methoxy groups -OCH3 is 1. The SMILES string of the molecule is COc1ccccc1CCNc1nc(C)cc(N[C@@H](CC(C)C)C(=O)NCc2cccs2)n1.O=C(O)C(F)(F)F. The molecule has 0 bridgehead atoms. The van der Waals surface area contributed by atoms with Gasteiger partial charge in [-0.05, 0) is 48.8 Å². The number of alkyl halides is 3. The zero-order valence-electron chi connectivity index (χ0n) is 22.7. The fourth-order valence-electron chi connectivity index (χ4n) is 3.53. The third-order valence-corrected chi connectivity index (χ3v) is 6.21. The van der Waals surface area contributed by atoms with Gasteiger partial charge in [0.1, 0.15) is 17.6 Å². The van der Waals surface area contributed by atoms with Crippen molar-refractivity contribution in [2.75, 3.05) is 24.3 Å². The minimum Gasteiger partial charge on any atom is -0.496 e. The van der Waals surface area contributed by atoms with Gasteiger partial charge in [-0.15, -0.1) is 11.3 Å². The predicted molar refractivity (Wildman–Crippen MR) is 149 cm³/mol. The Kier molecular flexibility index (Phi) is 12.7. The van der Waals surface area contributed by atoms with Crippen molar-refractivity contribution in [2.45, 2.75) is 52.4 Å². The van der Waals surface area contributed by atoms with E-state index in [1.54, 1.807) is 18.4 Å². The summed E-state index contributed by atoms with van der Waals surface area (Å²) in [6, 6.07) is 13.5. The highest BCUT2D eigenvalue weighted by atomic mass is 32.1. The van der Waals surface area contributed by atoms with Crippen LogP contribution in [0.15, 0.2) is 47.8 Å². The molecular weight excluding hydrogens is 547 g/mol. The Balaban J connectivity index is 0.000000708. The van der Waals surface area contributed by atoms with Gasteiger partial charge in [0.05, 0.1) is 13.7 Å². The molecule has 2 aromatic heterocycles. The van der Waals surface area contributed by atoms with E-state index in [1.807, 2.05) is 48.7 Å². The number of hydrogen-bond acceptors (Lipinski definition) is 8. The van der Waals surface area contributed by atoms with Crippen molar-refractivity contribution < 1.29 is 32.6 Å². The first kappa shape index (κ1) is 32.3. The molecule has 0 unspecified atom stereocenters. The van der Waals surface area contributed by atoms with Gasteiger partial charge in [-0.3, -0.25) is 4.79 Å². The van der Waals surface area contributed by atoms with E-state index >= 15 is 0 Å². The lowest BCUT2D eigenvalue weighted by Crippen LogP contribution is -2.40.